The van der Waals surface area contributed by atoms with Crippen molar-refractivity contribution in [2.24, 2.45) is 0 Å². The fourth-order valence-corrected chi connectivity index (χ4v) is 3.29. The largest absolute Gasteiger partial charge is 0.374 e. The number of hydrogen-bond acceptors (Lipinski definition) is 6. The van der Waals surface area contributed by atoms with Crippen LogP contribution in [0.2, 0.25) is 5.02 Å². The Hall–Kier alpha value is -1.24. The van der Waals surface area contributed by atoms with Crippen LogP contribution in [-0.2, 0) is 0 Å². The molecule has 98 valence electrons. The summed E-state index contributed by atoms with van der Waals surface area (Å²) in [5, 5.41) is 7.15. The van der Waals surface area contributed by atoms with Gasteiger partial charge in [0.15, 0.2) is 0 Å². The van der Waals surface area contributed by atoms with Crippen LogP contribution in [0.25, 0.3) is 11.0 Å². The third-order valence-electron chi connectivity index (χ3n) is 2.82. The van der Waals surface area contributed by atoms with Crippen LogP contribution >= 0.6 is 34.7 Å². The van der Waals surface area contributed by atoms with Crippen molar-refractivity contribution in [2.45, 2.75) is 19.9 Å². The van der Waals surface area contributed by atoms with E-state index in [2.05, 4.69) is 31.4 Å². The molecule has 1 aromatic carbocycles. The second-order valence-electron chi connectivity index (χ2n) is 4.21. The van der Waals surface area contributed by atoms with E-state index >= 15 is 0 Å². The molecular formula is C12H11ClN4S2. The van der Waals surface area contributed by atoms with E-state index in [4.69, 9.17) is 11.6 Å². The molecule has 0 saturated heterocycles. The zero-order valence-electron chi connectivity index (χ0n) is 10.3. The second-order valence-corrected chi connectivity index (χ2v) is 6.21. The van der Waals surface area contributed by atoms with Gasteiger partial charge in [-0.05, 0) is 26.0 Å². The minimum Gasteiger partial charge on any atom is -0.374 e. The second kappa shape index (κ2) is 5.03. The number of aromatic nitrogens is 3. The predicted molar refractivity (Wildman–Crippen MR) is 81.3 cm³/mol. The Kier molecular flexibility index (Phi) is 3.38. The minimum atomic E-state index is 0.0785. The summed E-state index contributed by atoms with van der Waals surface area (Å²) in [6.45, 7) is 4.06. The normalized spacial score (nSPS) is 12.8. The molecule has 1 N–H and O–H groups in total. The zero-order chi connectivity index (χ0) is 13.4. The van der Waals surface area contributed by atoms with Gasteiger partial charge in [-0.1, -0.05) is 11.6 Å². The van der Waals surface area contributed by atoms with Gasteiger partial charge < -0.3 is 5.32 Å². The summed E-state index contributed by atoms with van der Waals surface area (Å²) in [7, 11) is 0. The van der Waals surface area contributed by atoms with Crippen molar-refractivity contribution in [2.75, 3.05) is 5.32 Å². The molecular weight excluding hydrogens is 300 g/mol. The SMILES string of the molecule is Cc1nc(C(C)Nc2c(Cl)ccc3nsnc23)cs1. The van der Waals surface area contributed by atoms with Gasteiger partial charge >= 0.3 is 0 Å². The quantitative estimate of drug-likeness (QED) is 0.784. The third kappa shape index (κ3) is 2.43. The first-order chi connectivity index (χ1) is 9.15. The fourth-order valence-electron chi connectivity index (χ4n) is 1.83. The Morgan fingerprint density at radius 2 is 2.16 bits per heavy atom. The van der Waals surface area contributed by atoms with Gasteiger partial charge in [-0.15, -0.1) is 11.3 Å². The van der Waals surface area contributed by atoms with Crippen molar-refractivity contribution in [1.82, 2.24) is 13.7 Å². The summed E-state index contributed by atoms with van der Waals surface area (Å²) in [6.07, 6.45) is 0. The summed E-state index contributed by atoms with van der Waals surface area (Å²) in [4.78, 5) is 4.48. The monoisotopic (exact) mass is 310 g/mol. The van der Waals surface area contributed by atoms with E-state index in [0.717, 1.165) is 27.4 Å². The van der Waals surface area contributed by atoms with Gasteiger partial charge in [0.05, 0.1) is 39.2 Å². The van der Waals surface area contributed by atoms with Crippen LogP contribution in [0.3, 0.4) is 0 Å². The van der Waals surface area contributed by atoms with Crippen LogP contribution in [0, 0.1) is 6.92 Å². The van der Waals surface area contributed by atoms with E-state index in [1.807, 2.05) is 19.1 Å². The topological polar surface area (TPSA) is 50.7 Å². The molecule has 0 spiro atoms. The number of hydrogen-bond donors (Lipinski definition) is 1. The average Bonchev–Trinajstić information content (AvgIpc) is 3.01. The van der Waals surface area contributed by atoms with Gasteiger partial charge in [-0.3, -0.25) is 0 Å². The summed E-state index contributed by atoms with van der Waals surface area (Å²) < 4.78 is 8.52. The number of aryl methyl sites for hydroxylation is 1. The highest BCUT2D eigenvalue weighted by Gasteiger charge is 2.14. The van der Waals surface area contributed by atoms with Crippen LogP contribution in [0.1, 0.15) is 23.7 Å². The highest BCUT2D eigenvalue weighted by Crippen LogP contribution is 2.32. The van der Waals surface area contributed by atoms with E-state index in [0.29, 0.717) is 5.02 Å². The molecule has 19 heavy (non-hydrogen) atoms. The summed E-state index contributed by atoms with van der Waals surface area (Å²) in [5.41, 5.74) is 3.51. The molecule has 0 saturated carbocycles. The molecule has 0 bridgehead atoms. The molecule has 7 heteroatoms. The van der Waals surface area contributed by atoms with Crippen molar-refractivity contribution < 1.29 is 0 Å². The van der Waals surface area contributed by atoms with Gasteiger partial charge in [0.1, 0.15) is 11.0 Å². The van der Waals surface area contributed by atoms with Crippen LogP contribution in [0.5, 0.6) is 0 Å². The van der Waals surface area contributed by atoms with E-state index in [9.17, 15) is 0 Å². The van der Waals surface area contributed by atoms with Crippen molar-refractivity contribution >= 4 is 51.4 Å². The smallest absolute Gasteiger partial charge is 0.129 e. The molecule has 2 heterocycles. The van der Waals surface area contributed by atoms with Gasteiger partial charge in [-0.25, -0.2) is 4.98 Å². The average molecular weight is 311 g/mol. The molecule has 1 atom stereocenters. The molecule has 3 rings (SSSR count). The van der Waals surface area contributed by atoms with Crippen LogP contribution in [-0.4, -0.2) is 13.7 Å². The number of anilines is 1. The highest BCUT2D eigenvalue weighted by molar-refractivity contribution is 7.09. The van der Waals surface area contributed by atoms with Gasteiger partial charge in [0.25, 0.3) is 0 Å². The molecule has 0 radical (unpaired) electrons. The Morgan fingerprint density at radius 1 is 1.32 bits per heavy atom. The number of benzene rings is 1. The maximum Gasteiger partial charge on any atom is 0.129 e. The summed E-state index contributed by atoms with van der Waals surface area (Å²) >= 11 is 9.09. The third-order valence-corrected chi connectivity index (χ3v) is 4.47. The predicted octanol–water partition coefficient (Wildman–Crippen LogP) is 4.28. The van der Waals surface area contributed by atoms with Gasteiger partial charge in [-0.2, -0.15) is 8.75 Å². The zero-order valence-corrected chi connectivity index (χ0v) is 12.7. The van der Waals surface area contributed by atoms with E-state index in [1.165, 1.54) is 11.7 Å². The van der Waals surface area contributed by atoms with E-state index in [-0.39, 0.29) is 6.04 Å². The Bertz CT molecular complexity index is 721. The van der Waals surface area contributed by atoms with Crippen molar-refractivity contribution in [3.63, 3.8) is 0 Å². The lowest BCUT2D eigenvalue weighted by Crippen LogP contribution is -2.08. The van der Waals surface area contributed by atoms with Crippen LogP contribution in [0.4, 0.5) is 5.69 Å². The fraction of sp³-hybridized carbons (Fsp3) is 0.250. The standard InChI is InChI=1S/C12H11ClN4S2/c1-6(10-5-18-7(2)15-10)14-11-8(13)3-4-9-12(11)17-19-16-9/h3-6,14H,1-2H3. The maximum absolute atomic E-state index is 6.25. The first kappa shape index (κ1) is 12.8. The molecule has 3 aromatic rings. The number of nitrogens with one attached hydrogen (secondary N) is 1. The lowest BCUT2D eigenvalue weighted by molar-refractivity contribution is 0.847. The lowest BCUT2D eigenvalue weighted by Gasteiger charge is -2.14. The van der Waals surface area contributed by atoms with Crippen molar-refractivity contribution in [3.8, 4) is 0 Å². The number of rotatable bonds is 3. The molecule has 2 aromatic heterocycles. The first-order valence-electron chi connectivity index (χ1n) is 5.74. The molecule has 0 aliphatic rings. The number of thiazole rings is 1. The first-order valence-corrected chi connectivity index (χ1v) is 7.73. The van der Waals surface area contributed by atoms with Crippen molar-refractivity contribution in [3.05, 3.63) is 33.2 Å². The van der Waals surface area contributed by atoms with Crippen LogP contribution < -0.4 is 5.32 Å². The molecule has 0 aliphatic carbocycles. The minimum absolute atomic E-state index is 0.0785. The number of nitrogens with zero attached hydrogens (tertiary/aromatic N) is 3. The van der Waals surface area contributed by atoms with Gasteiger partial charge in [0.2, 0.25) is 0 Å². The number of fused-ring (bicyclic) bond motifs is 1. The molecule has 0 aliphatic heterocycles. The lowest BCUT2D eigenvalue weighted by atomic mass is 10.2. The Balaban J connectivity index is 1.96. The van der Waals surface area contributed by atoms with E-state index in [1.54, 1.807) is 11.3 Å². The van der Waals surface area contributed by atoms with Crippen molar-refractivity contribution in [1.29, 1.82) is 0 Å². The summed E-state index contributed by atoms with van der Waals surface area (Å²) in [5.74, 6) is 0. The summed E-state index contributed by atoms with van der Waals surface area (Å²) in [6, 6.07) is 3.80. The molecule has 1 unspecified atom stereocenters. The van der Waals surface area contributed by atoms with Gasteiger partial charge in [0, 0.05) is 5.38 Å². The van der Waals surface area contributed by atoms with E-state index < -0.39 is 0 Å². The Morgan fingerprint density at radius 3 is 2.89 bits per heavy atom. The Labute approximate surface area is 123 Å². The molecule has 0 fully saturated rings. The maximum atomic E-state index is 6.25. The molecule has 4 nitrogen and oxygen atoms in total. The number of halogens is 1. The van der Waals surface area contributed by atoms with Crippen LogP contribution in [0.15, 0.2) is 17.5 Å². The molecule has 0 amide bonds. The highest BCUT2D eigenvalue weighted by atomic mass is 35.5.